The summed E-state index contributed by atoms with van der Waals surface area (Å²) < 4.78 is 51.0. The van der Waals surface area contributed by atoms with E-state index in [1.165, 1.54) is 19.2 Å². The molecule has 0 fully saturated rings. The zero-order valence-corrected chi connectivity index (χ0v) is 19.6. The van der Waals surface area contributed by atoms with Crippen molar-refractivity contribution in [3.05, 3.63) is 83.9 Å². The number of hydrogen-bond donors (Lipinski definition) is 1. The van der Waals surface area contributed by atoms with Gasteiger partial charge in [0.05, 0.1) is 25.4 Å². The number of benzene rings is 2. The summed E-state index contributed by atoms with van der Waals surface area (Å²) in [4.78, 5) is 10.4. The van der Waals surface area contributed by atoms with Crippen LogP contribution in [0.4, 0.5) is 13.2 Å². The Balaban J connectivity index is 1.77. The standard InChI is InChI=1S/C26H25F3N4O2/c1-15(17-8-6-5-7-9-17)33(3)16(2)23-21(14-30)35-25(32-23)19-10-12-20(34-4)24-18(19)11-13-22(31-24)26(27,28)29/h5-13,15H,2,14,30H2,1,3-4H3/t15-/m1/s1. The average molecular weight is 483 g/mol. The Kier molecular flexibility index (Phi) is 6.53. The molecule has 35 heavy (non-hydrogen) atoms. The highest BCUT2D eigenvalue weighted by Crippen LogP contribution is 2.38. The summed E-state index contributed by atoms with van der Waals surface area (Å²) in [6.45, 7) is 6.32. The van der Waals surface area contributed by atoms with Crippen LogP contribution in [0.15, 0.2) is 65.6 Å². The van der Waals surface area contributed by atoms with Gasteiger partial charge < -0.3 is 19.8 Å². The minimum Gasteiger partial charge on any atom is -0.494 e. The third-order valence-electron chi connectivity index (χ3n) is 6.01. The lowest BCUT2D eigenvalue weighted by molar-refractivity contribution is -0.140. The molecule has 0 saturated heterocycles. The number of alkyl halides is 3. The van der Waals surface area contributed by atoms with E-state index in [9.17, 15) is 13.2 Å². The Bertz CT molecular complexity index is 1370. The predicted molar refractivity (Wildman–Crippen MR) is 128 cm³/mol. The molecule has 6 nitrogen and oxygen atoms in total. The lowest BCUT2D eigenvalue weighted by Gasteiger charge is -2.28. The van der Waals surface area contributed by atoms with Crippen molar-refractivity contribution in [1.82, 2.24) is 14.9 Å². The van der Waals surface area contributed by atoms with Gasteiger partial charge in [0.25, 0.3) is 0 Å². The van der Waals surface area contributed by atoms with Crippen LogP contribution in [-0.2, 0) is 12.7 Å². The van der Waals surface area contributed by atoms with E-state index in [0.29, 0.717) is 28.1 Å². The van der Waals surface area contributed by atoms with Gasteiger partial charge in [0.15, 0.2) is 0 Å². The third kappa shape index (κ3) is 4.59. The Morgan fingerprint density at radius 2 is 1.83 bits per heavy atom. The maximum Gasteiger partial charge on any atom is 0.433 e. The number of halogens is 3. The van der Waals surface area contributed by atoms with Gasteiger partial charge in [-0.3, -0.25) is 0 Å². The summed E-state index contributed by atoms with van der Waals surface area (Å²) in [5, 5.41) is 0.408. The molecule has 4 rings (SSSR count). The molecule has 0 aliphatic carbocycles. The summed E-state index contributed by atoms with van der Waals surface area (Å²) in [5.41, 5.74) is 7.64. The van der Waals surface area contributed by atoms with Gasteiger partial charge in [0.2, 0.25) is 5.89 Å². The second kappa shape index (κ2) is 9.42. The van der Waals surface area contributed by atoms with E-state index in [1.54, 1.807) is 6.07 Å². The second-order valence-electron chi connectivity index (χ2n) is 8.04. The van der Waals surface area contributed by atoms with Crippen molar-refractivity contribution in [2.24, 2.45) is 5.73 Å². The normalized spacial score (nSPS) is 12.5. The van der Waals surface area contributed by atoms with Crippen LogP contribution in [0.2, 0.25) is 0 Å². The van der Waals surface area contributed by atoms with Crippen molar-refractivity contribution in [1.29, 1.82) is 0 Å². The number of nitrogens with two attached hydrogens (primary N) is 1. The molecule has 9 heteroatoms. The van der Waals surface area contributed by atoms with Crippen LogP contribution in [0, 0.1) is 0 Å². The number of hydrogen-bond acceptors (Lipinski definition) is 6. The van der Waals surface area contributed by atoms with Gasteiger partial charge in [-0.25, -0.2) is 9.97 Å². The molecule has 0 bridgehead atoms. The first-order chi connectivity index (χ1) is 16.7. The number of methoxy groups -OCH3 is 1. The van der Waals surface area contributed by atoms with E-state index in [0.717, 1.165) is 11.6 Å². The lowest BCUT2D eigenvalue weighted by Crippen LogP contribution is -2.21. The molecule has 2 N–H and O–H groups in total. The van der Waals surface area contributed by atoms with E-state index in [1.807, 2.05) is 49.2 Å². The fourth-order valence-corrected chi connectivity index (χ4v) is 3.89. The Hall–Kier alpha value is -3.85. The lowest BCUT2D eigenvalue weighted by atomic mass is 10.1. The molecule has 1 atom stereocenters. The van der Waals surface area contributed by atoms with Crippen LogP contribution < -0.4 is 10.5 Å². The van der Waals surface area contributed by atoms with E-state index < -0.39 is 11.9 Å². The molecular weight excluding hydrogens is 457 g/mol. The van der Waals surface area contributed by atoms with Crippen LogP contribution in [0.3, 0.4) is 0 Å². The van der Waals surface area contributed by atoms with E-state index in [4.69, 9.17) is 14.9 Å². The second-order valence-corrected chi connectivity index (χ2v) is 8.04. The fraction of sp³-hybridized carbons (Fsp3) is 0.231. The summed E-state index contributed by atoms with van der Waals surface area (Å²) in [6, 6.07) is 15.4. The third-order valence-corrected chi connectivity index (χ3v) is 6.01. The monoisotopic (exact) mass is 482 g/mol. The molecule has 0 aliphatic rings. The maximum atomic E-state index is 13.3. The SMILES string of the molecule is C=C(c1nc(-c2ccc(OC)c3nc(C(F)(F)F)ccc23)oc1CN)N(C)[C@H](C)c1ccccc1. The van der Waals surface area contributed by atoms with Crippen LogP contribution in [0.1, 0.15) is 35.7 Å². The molecular formula is C26H25F3N4O2. The van der Waals surface area contributed by atoms with Gasteiger partial charge in [-0.05, 0) is 36.8 Å². The van der Waals surface area contributed by atoms with Crippen LogP contribution in [0.5, 0.6) is 5.75 Å². The highest BCUT2D eigenvalue weighted by molar-refractivity contribution is 5.96. The molecule has 182 valence electrons. The molecule has 0 aliphatic heterocycles. The topological polar surface area (TPSA) is 77.4 Å². The van der Waals surface area contributed by atoms with E-state index in [2.05, 4.69) is 16.5 Å². The predicted octanol–water partition coefficient (Wildman–Crippen LogP) is 6.04. The summed E-state index contributed by atoms with van der Waals surface area (Å²) in [6.07, 6.45) is -4.59. The van der Waals surface area contributed by atoms with Gasteiger partial charge >= 0.3 is 6.18 Å². The molecule has 4 aromatic rings. The van der Waals surface area contributed by atoms with Crippen LogP contribution in [0.25, 0.3) is 28.1 Å². The van der Waals surface area contributed by atoms with Crippen molar-refractivity contribution in [2.45, 2.75) is 25.7 Å². The summed E-state index contributed by atoms with van der Waals surface area (Å²) >= 11 is 0. The number of nitrogens with zero attached hydrogens (tertiary/aromatic N) is 3. The number of rotatable bonds is 7. The van der Waals surface area contributed by atoms with Crippen molar-refractivity contribution < 1.29 is 22.3 Å². The van der Waals surface area contributed by atoms with Gasteiger partial charge in [0, 0.05) is 18.0 Å². The molecule has 2 aromatic heterocycles. The van der Waals surface area contributed by atoms with Gasteiger partial charge in [-0.2, -0.15) is 13.2 Å². The molecule has 0 saturated carbocycles. The molecule has 0 amide bonds. The zero-order chi connectivity index (χ0) is 25.3. The average Bonchev–Trinajstić information content (AvgIpc) is 3.30. The van der Waals surface area contributed by atoms with Crippen molar-refractivity contribution in [2.75, 3.05) is 14.2 Å². The van der Waals surface area contributed by atoms with Crippen molar-refractivity contribution >= 4 is 16.6 Å². The first kappa shape index (κ1) is 24.3. The van der Waals surface area contributed by atoms with Gasteiger partial charge in [0.1, 0.15) is 28.4 Å². The molecule has 2 heterocycles. The first-order valence-corrected chi connectivity index (χ1v) is 10.9. The van der Waals surface area contributed by atoms with Crippen LogP contribution in [-0.4, -0.2) is 29.0 Å². The van der Waals surface area contributed by atoms with Gasteiger partial charge in [-0.15, -0.1) is 0 Å². The molecule has 2 aromatic carbocycles. The number of pyridine rings is 1. The Labute approximate surface area is 200 Å². The van der Waals surface area contributed by atoms with Crippen molar-refractivity contribution in [3.63, 3.8) is 0 Å². The number of ether oxygens (including phenoxy) is 1. The Morgan fingerprint density at radius 3 is 2.46 bits per heavy atom. The summed E-state index contributed by atoms with van der Waals surface area (Å²) in [5.74, 6) is 0.832. The zero-order valence-electron chi connectivity index (χ0n) is 19.6. The maximum absolute atomic E-state index is 13.3. The fourth-order valence-electron chi connectivity index (χ4n) is 3.89. The number of fused-ring (bicyclic) bond motifs is 1. The highest BCUT2D eigenvalue weighted by atomic mass is 19.4. The molecule has 0 unspecified atom stereocenters. The quantitative estimate of drug-likeness (QED) is 0.346. The molecule has 0 radical (unpaired) electrons. The minimum absolute atomic E-state index is 0.00119. The number of aromatic nitrogens is 2. The number of oxazole rings is 1. The van der Waals surface area contributed by atoms with Crippen molar-refractivity contribution in [3.8, 4) is 17.2 Å². The van der Waals surface area contributed by atoms with E-state index in [-0.39, 0.29) is 29.7 Å². The minimum atomic E-state index is -4.59. The largest absolute Gasteiger partial charge is 0.494 e. The first-order valence-electron chi connectivity index (χ1n) is 10.9. The smallest absolute Gasteiger partial charge is 0.433 e. The highest BCUT2D eigenvalue weighted by Gasteiger charge is 2.33. The Morgan fingerprint density at radius 1 is 1.11 bits per heavy atom. The molecule has 0 spiro atoms. The summed E-state index contributed by atoms with van der Waals surface area (Å²) in [7, 11) is 3.28. The van der Waals surface area contributed by atoms with Gasteiger partial charge in [-0.1, -0.05) is 36.9 Å². The van der Waals surface area contributed by atoms with Crippen LogP contribution >= 0.6 is 0 Å². The van der Waals surface area contributed by atoms with E-state index >= 15 is 0 Å².